The summed E-state index contributed by atoms with van der Waals surface area (Å²) in [6, 6.07) is 6.24. The van der Waals surface area contributed by atoms with E-state index in [2.05, 4.69) is 17.1 Å². The first kappa shape index (κ1) is 34.8. The Morgan fingerprint density at radius 2 is 1.82 bits per heavy atom. The van der Waals surface area contributed by atoms with Crippen molar-refractivity contribution in [2.45, 2.75) is 95.0 Å². The van der Waals surface area contributed by atoms with E-state index in [1.807, 2.05) is 0 Å². The van der Waals surface area contributed by atoms with Crippen molar-refractivity contribution in [1.82, 2.24) is 4.90 Å². The zero-order valence-electron chi connectivity index (χ0n) is 29.6. The van der Waals surface area contributed by atoms with Gasteiger partial charge < -0.3 is 39.2 Å². The van der Waals surface area contributed by atoms with Crippen molar-refractivity contribution < 1.29 is 48.3 Å². The molecule has 1 amide bonds. The average molecular weight is 685 g/mol. The second-order valence-corrected chi connectivity index (χ2v) is 15.8. The highest BCUT2D eigenvalue weighted by Crippen LogP contribution is 2.80. The van der Waals surface area contributed by atoms with E-state index in [0.29, 0.717) is 38.0 Å². The molecule has 7 rings (SSSR count). The standard InChI is InChI=1S/C37H52N2O10/c1-8-39-17-34(18-48-32(42)21-11-9-10-12-24(21)38-20(4)40)14-13-26(46-6)36-23-15-22-25(45-5)16-35(43,27(23)28(22)49-31(41)19(2)3)37(44,33(36)39)30(47-7)29(34)36/h9-12,19,22-23,25-30,33,43-44H,8,13-18H2,1-7H3,(H,38,40). The number of piperidine rings is 1. The Morgan fingerprint density at radius 1 is 1.08 bits per heavy atom. The van der Waals surface area contributed by atoms with Crippen LogP contribution in [0.3, 0.4) is 0 Å². The molecule has 6 fully saturated rings. The fourth-order valence-electron chi connectivity index (χ4n) is 12.4. The maximum atomic E-state index is 13.8. The Kier molecular flexibility index (Phi) is 8.52. The van der Waals surface area contributed by atoms with Crippen LogP contribution in [0.5, 0.6) is 0 Å². The summed E-state index contributed by atoms with van der Waals surface area (Å²) in [5, 5.41) is 29.5. The molecule has 13 unspecified atom stereocenters. The predicted molar refractivity (Wildman–Crippen MR) is 176 cm³/mol. The quantitative estimate of drug-likeness (QED) is 0.312. The van der Waals surface area contributed by atoms with E-state index in [1.54, 1.807) is 59.4 Å². The third-order valence-corrected chi connectivity index (χ3v) is 13.7. The molecule has 0 radical (unpaired) electrons. The van der Waals surface area contributed by atoms with Gasteiger partial charge in [-0.3, -0.25) is 14.5 Å². The largest absolute Gasteiger partial charge is 0.461 e. The molecule has 1 aliphatic heterocycles. The second-order valence-electron chi connectivity index (χ2n) is 15.8. The average Bonchev–Trinajstić information content (AvgIpc) is 3.47. The molecule has 270 valence electrons. The van der Waals surface area contributed by atoms with Crippen LogP contribution < -0.4 is 5.32 Å². The van der Waals surface area contributed by atoms with Crippen molar-refractivity contribution in [1.29, 1.82) is 0 Å². The number of methoxy groups -OCH3 is 3. The van der Waals surface area contributed by atoms with Gasteiger partial charge >= 0.3 is 11.9 Å². The minimum atomic E-state index is -1.79. The topological polar surface area (TPSA) is 153 Å². The SMILES string of the molecule is CCN1CC2(COC(=O)c3ccccc3NC(C)=O)CCC(OC)C34C5CC6C(OC)CC(O)(C5C6OC(=O)C(C)C)C(O)(C(OC)C23)C14. The van der Waals surface area contributed by atoms with E-state index >= 15 is 0 Å². The van der Waals surface area contributed by atoms with E-state index < -0.39 is 58.3 Å². The van der Waals surface area contributed by atoms with Gasteiger partial charge in [-0.25, -0.2) is 4.79 Å². The number of likely N-dealkylation sites (N-methyl/N-ethyl adjacent to an activating group) is 1. The number of amides is 1. The lowest BCUT2D eigenvalue weighted by molar-refractivity contribution is -0.319. The molecule has 12 nitrogen and oxygen atoms in total. The number of anilines is 1. The Balaban J connectivity index is 1.37. The Morgan fingerprint density at radius 3 is 2.45 bits per heavy atom. The highest BCUT2D eigenvalue weighted by Gasteiger charge is 2.92. The molecule has 1 heterocycles. The van der Waals surface area contributed by atoms with Crippen molar-refractivity contribution in [2.24, 2.45) is 40.4 Å². The van der Waals surface area contributed by atoms with Gasteiger partial charge in [0.25, 0.3) is 0 Å². The number of rotatable bonds is 10. The molecule has 1 aromatic rings. The first-order valence-corrected chi connectivity index (χ1v) is 17.8. The first-order valence-electron chi connectivity index (χ1n) is 17.8. The third-order valence-electron chi connectivity index (χ3n) is 13.7. The smallest absolute Gasteiger partial charge is 0.340 e. The molecule has 49 heavy (non-hydrogen) atoms. The summed E-state index contributed by atoms with van der Waals surface area (Å²) < 4.78 is 31.4. The molecule has 5 aliphatic carbocycles. The number of likely N-dealkylation sites (tertiary alicyclic amines) is 1. The minimum absolute atomic E-state index is 0.0496. The predicted octanol–water partition coefficient (Wildman–Crippen LogP) is 2.65. The number of benzene rings is 1. The van der Waals surface area contributed by atoms with Gasteiger partial charge in [0.15, 0.2) is 0 Å². The molecule has 0 aromatic heterocycles. The van der Waals surface area contributed by atoms with Crippen LogP contribution in [0.15, 0.2) is 24.3 Å². The van der Waals surface area contributed by atoms with Crippen molar-refractivity contribution in [3.8, 4) is 0 Å². The maximum absolute atomic E-state index is 13.8. The summed E-state index contributed by atoms with van der Waals surface area (Å²) in [6.45, 7) is 8.18. The number of hydrogen-bond acceptors (Lipinski definition) is 11. The molecule has 12 heteroatoms. The van der Waals surface area contributed by atoms with Crippen molar-refractivity contribution in [2.75, 3.05) is 46.3 Å². The Labute approximate surface area is 288 Å². The lowest BCUT2D eigenvalue weighted by Gasteiger charge is -2.70. The zero-order valence-corrected chi connectivity index (χ0v) is 29.6. The van der Waals surface area contributed by atoms with Gasteiger partial charge in [0.2, 0.25) is 5.91 Å². The van der Waals surface area contributed by atoms with Gasteiger partial charge in [-0.15, -0.1) is 0 Å². The summed E-state index contributed by atoms with van der Waals surface area (Å²) >= 11 is 0. The van der Waals surface area contributed by atoms with Crippen LogP contribution in [0.2, 0.25) is 0 Å². The van der Waals surface area contributed by atoms with Crippen molar-refractivity contribution in [3.63, 3.8) is 0 Å². The Hall–Kier alpha value is -2.61. The number of carbonyl (C=O) groups is 3. The van der Waals surface area contributed by atoms with Crippen molar-refractivity contribution >= 4 is 23.5 Å². The summed E-state index contributed by atoms with van der Waals surface area (Å²) in [7, 11) is 4.92. The second kappa shape index (κ2) is 12.0. The number of carbonyl (C=O) groups excluding carboxylic acids is 3. The number of nitrogens with one attached hydrogen (secondary N) is 1. The van der Waals surface area contributed by atoms with Gasteiger partial charge in [0.05, 0.1) is 48.1 Å². The minimum Gasteiger partial charge on any atom is -0.461 e. The van der Waals surface area contributed by atoms with Gasteiger partial charge in [-0.1, -0.05) is 32.9 Å². The molecule has 7 bridgehead atoms. The summed E-state index contributed by atoms with van der Waals surface area (Å²) in [6.07, 6.45) is -0.144. The van der Waals surface area contributed by atoms with Crippen LogP contribution in [0.4, 0.5) is 5.69 Å². The molecular formula is C37H52N2O10. The fourth-order valence-corrected chi connectivity index (χ4v) is 12.4. The summed E-state index contributed by atoms with van der Waals surface area (Å²) in [4.78, 5) is 41.2. The van der Waals surface area contributed by atoms with Crippen molar-refractivity contribution in [3.05, 3.63) is 29.8 Å². The normalized spacial score (nSPS) is 44.5. The van der Waals surface area contributed by atoms with Crippen LogP contribution in [0, 0.1) is 40.4 Å². The van der Waals surface area contributed by atoms with Crippen LogP contribution in [0.1, 0.15) is 63.7 Å². The van der Waals surface area contributed by atoms with E-state index in [9.17, 15) is 24.6 Å². The van der Waals surface area contributed by atoms with E-state index in [-0.39, 0.29) is 60.2 Å². The van der Waals surface area contributed by atoms with E-state index in [0.717, 1.165) is 0 Å². The molecular weight excluding hydrogens is 632 g/mol. The lowest BCUT2D eigenvalue weighted by atomic mass is 9.42. The third kappa shape index (κ3) is 4.40. The van der Waals surface area contributed by atoms with Crippen LogP contribution in [-0.4, -0.2) is 116 Å². The number of ether oxygens (including phenoxy) is 5. The van der Waals surface area contributed by atoms with Crippen LogP contribution in [-0.2, 0) is 33.3 Å². The molecule has 5 saturated carbocycles. The molecule has 13 atom stereocenters. The maximum Gasteiger partial charge on any atom is 0.340 e. The van der Waals surface area contributed by atoms with Crippen LogP contribution in [0.25, 0.3) is 0 Å². The molecule has 3 N–H and O–H groups in total. The number of fused-ring (bicyclic) bond motifs is 2. The van der Waals surface area contributed by atoms with Gasteiger partial charge in [-0.2, -0.15) is 0 Å². The molecule has 1 aromatic carbocycles. The number of nitrogens with zero attached hydrogens (tertiary/aromatic N) is 1. The highest BCUT2D eigenvalue weighted by molar-refractivity contribution is 6.00. The van der Waals surface area contributed by atoms with Gasteiger partial charge in [-0.05, 0) is 43.9 Å². The summed E-state index contributed by atoms with van der Waals surface area (Å²) in [5.74, 6) is -2.88. The number of esters is 2. The van der Waals surface area contributed by atoms with Gasteiger partial charge in [0, 0.05) is 69.8 Å². The summed E-state index contributed by atoms with van der Waals surface area (Å²) in [5.41, 5.74) is -4.26. The number of hydrogen-bond donors (Lipinski definition) is 3. The van der Waals surface area contributed by atoms with E-state index in [1.165, 1.54) is 6.92 Å². The molecule has 1 saturated heterocycles. The van der Waals surface area contributed by atoms with E-state index in [4.69, 9.17) is 23.7 Å². The first-order chi connectivity index (χ1) is 23.3. The van der Waals surface area contributed by atoms with Gasteiger partial charge in [0.1, 0.15) is 17.3 Å². The zero-order chi connectivity index (χ0) is 35.3. The number of para-hydroxylation sites is 1. The molecule has 1 spiro atoms. The van der Waals surface area contributed by atoms with Crippen LogP contribution >= 0.6 is 0 Å². The Bertz CT molecular complexity index is 1500. The molecule has 6 aliphatic rings. The lowest BCUT2D eigenvalue weighted by Crippen LogP contribution is -2.82. The highest BCUT2D eigenvalue weighted by atomic mass is 16.6. The monoisotopic (exact) mass is 684 g/mol. The number of aliphatic hydroxyl groups is 2. The fraction of sp³-hybridized carbons (Fsp3) is 0.757.